The molecule has 0 saturated heterocycles. The molecule has 0 radical (unpaired) electrons. The van der Waals surface area contributed by atoms with Crippen molar-refractivity contribution < 1.29 is 0 Å². The Morgan fingerprint density at radius 1 is 0.388 bits per heavy atom. The first kappa shape index (κ1) is 34.7. The van der Waals surface area contributed by atoms with Crippen molar-refractivity contribution in [1.82, 2.24) is 0 Å². The average molecular weight is 726 g/mol. The zero-order valence-corrected chi connectivity index (χ0v) is 30.4. The Morgan fingerprint density at radius 3 is 0.878 bits per heavy atom. The monoisotopic (exact) mass is 723 g/mol. The molecule has 0 heterocycles. The van der Waals surface area contributed by atoms with Crippen LogP contribution in [-0.2, 0) is 0 Å². The maximum Gasteiger partial charge on any atom is 0.0406 e. The van der Waals surface area contributed by atoms with Crippen molar-refractivity contribution in [1.29, 1.82) is 0 Å². The Bertz CT molecular complexity index is 1690. The molecule has 0 aliphatic heterocycles. The van der Waals surface area contributed by atoms with Crippen LogP contribution in [-0.4, -0.2) is 27.2 Å². The van der Waals surface area contributed by atoms with Gasteiger partial charge < -0.3 is 15.1 Å². The number of hydrogen-bond acceptors (Lipinski definition) is 3. The first-order valence-electron chi connectivity index (χ1n) is 16.1. The van der Waals surface area contributed by atoms with Crippen LogP contribution in [0.2, 0.25) is 20.1 Å². The van der Waals surface area contributed by atoms with Crippen molar-refractivity contribution >= 4 is 69.2 Å². The summed E-state index contributed by atoms with van der Waals surface area (Å²) >= 11 is 24.8. The largest absolute Gasteiger partial charge is 0.374 e. The minimum atomic E-state index is 0.154. The van der Waals surface area contributed by atoms with Gasteiger partial charge in [0.25, 0.3) is 0 Å². The Hall–Kier alpha value is -4.12. The van der Waals surface area contributed by atoms with Crippen molar-refractivity contribution in [2.75, 3.05) is 42.3 Å². The lowest BCUT2D eigenvalue weighted by Gasteiger charge is -2.27. The molecule has 0 aliphatic carbocycles. The molecule has 248 valence electrons. The topological polar surface area (TPSA) is 18.5 Å². The van der Waals surface area contributed by atoms with E-state index in [1.807, 2.05) is 48.5 Å². The van der Waals surface area contributed by atoms with E-state index in [9.17, 15) is 0 Å². The Kier molecular flexibility index (Phi) is 11.4. The zero-order chi connectivity index (χ0) is 34.3. The molecule has 0 aliphatic rings. The van der Waals surface area contributed by atoms with Crippen LogP contribution < -0.4 is 15.1 Å². The lowest BCUT2D eigenvalue weighted by molar-refractivity contribution is 0.770. The van der Waals surface area contributed by atoms with E-state index < -0.39 is 0 Å². The first-order chi connectivity index (χ1) is 23.7. The summed E-state index contributed by atoms with van der Waals surface area (Å²) in [6.45, 7) is 1.59. The Labute approximate surface area is 309 Å². The number of likely N-dealkylation sites (N-methyl/N-ethyl adjacent to an activating group) is 2. The number of nitrogens with zero attached hydrogens (tertiary/aromatic N) is 2. The molecular weight excluding hydrogens is 688 g/mol. The van der Waals surface area contributed by atoms with Crippen molar-refractivity contribution in [2.24, 2.45) is 0 Å². The minimum absolute atomic E-state index is 0.154. The van der Waals surface area contributed by atoms with Gasteiger partial charge in [-0.25, -0.2) is 0 Å². The van der Waals surface area contributed by atoms with E-state index in [2.05, 4.69) is 126 Å². The second-order valence-corrected chi connectivity index (χ2v) is 14.0. The third-order valence-corrected chi connectivity index (χ3v) is 9.92. The highest BCUT2D eigenvalue weighted by Gasteiger charge is 2.19. The van der Waals surface area contributed by atoms with Crippen LogP contribution in [0.3, 0.4) is 0 Å². The molecular formula is C42H37Cl4N3. The highest BCUT2D eigenvalue weighted by Crippen LogP contribution is 2.32. The van der Waals surface area contributed by atoms with Gasteiger partial charge in [0.15, 0.2) is 0 Å². The van der Waals surface area contributed by atoms with Crippen LogP contribution in [0.5, 0.6) is 0 Å². The smallest absolute Gasteiger partial charge is 0.0406 e. The van der Waals surface area contributed by atoms with E-state index in [1.165, 1.54) is 22.3 Å². The molecule has 6 rings (SSSR count). The van der Waals surface area contributed by atoms with Gasteiger partial charge in [0.1, 0.15) is 0 Å². The van der Waals surface area contributed by atoms with Crippen LogP contribution in [0.15, 0.2) is 146 Å². The van der Waals surface area contributed by atoms with Crippen LogP contribution in [0.1, 0.15) is 34.1 Å². The summed E-state index contributed by atoms with van der Waals surface area (Å²) < 4.78 is 0. The maximum atomic E-state index is 6.20. The number of anilines is 4. The molecule has 0 saturated carbocycles. The summed E-state index contributed by atoms with van der Waals surface area (Å²) in [6, 6.07) is 49.5. The quantitative estimate of drug-likeness (QED) is 0.136. The van der Waals surface area contributed by atoms with Crippen molar-refractivity contribution in [3.63, 3.8) is 0 Å². The van der Waals surface area contributed by atoms with Crippen molar-refractivity contribution in [3.8, 4) is 0 Å². The van der Waals surface area contributed by atoms with Gasteiger partial charge in [-0.05, 0) is 119 Å². The summed E-state index contributed by atoms with van der Waals surface area (Å²) in [5, 5.41) is 6.48. The number of rotatable bonds is 12. The SMILES string of the molecule is CN(CC(c1ccc(Cl)cc1)c1ccc(Cl)cc1)c1ccc(Nc2ccc(N(C)CC(c3ccc(Cl)cc3)c3ccc(Cl)cc3)cc2)cc1. The van der Waals surface area contributed by atoms with Gasteiger partial charge in [-0.1, -0.05) is 94.9 Å². The van der Waals surface area contributed by atoms with Gasteiger partial charge in [-0.15, -0.1) is 0 Å². The van der Waals surface area contributed by atoms with Crippen molar-refractivity contribution in [3.05, 3.63) is 188 Å². The fourth-order valence-corrected chi connectivity index (χ4v) is 6.61. The molecule has 0 spiro atoms. The normalized spacial score (nSPS) is 11.2. The van der Waals surface area contributed by atoms with E-state index in [-0.39, 0.29) is 11.8 Å². The lowest BCUT2D eigenvalue weighted by Crippen LogP contribution is -2.25. The summed E-state index contributed by atoms with van der Waals surface area (Å²) in [7, 11) is 4.25. The molecule has 0 fully saturated rings. The fraction of sp³-hybridized carbons (Fsp3) is 0.143. The second-order valence-electron chi connectivity index (χ2n) is 12.3. The van der Waals surface area contributed by atoms with E-state index in [1.54, 1.807) is 0 Å². The first-order valence-corrected chi connectivity index (χ1v) is 17.6. The van der Waals surface area contributed by atoms with Gasteiger partial charge in [0.2, 0.25) is 0 Å². The Balaban J connectivity index is 1.11. The highest BCUT2D eigenvalue weighted by atomic mass is 35.5. The maximum absolute atomic E-state index is 6.20. The second kappa shape index (κ2) is 16.1. The average Bonchev–Trinajstić information content (AvgIpc) is 3.12. The standard InChI is InChI=1S/C42H37Cl4N3/c1-48(27-41(29-3-11-33(43)12-4-29)30-5-13-34(44)14-6-30)39-23-19-37(20-24-39)47-38-21-25-40(26-22-38)49(2)28-42(31-7-15-35(45)16-8-31)32-9-17-36(46)18-10-32/h3-26,41-42,47H,27-28H2,1-2H3. The molecule has 49 heavy (non-hydrogen) atoms. The minimum Gasteiger partial charge on any atom is -0.374 e. The molecule has 0 aromatic heterocycles. The molecule has 0 bridgehead atoms. The summed E-state index contributed by atoms with van der Waals surface area (Å²) in [4.78, 5) is 4.56. The molecule has 6 aromatic rings. The van der Waals surface area contributed by atoms with Crippen molar-refractivity contribution in [2.45, 2.75) is 11.8 Å². The molecule has 0 atom stereocenters. The fourth-order valence-electron chi connectivity index (χ4n) is 6.11. The molecule has 7 heteroatoms. The highest BCUT2D eigenvalue weighted by molar-refractivity contribution is 6.31. The number of halogens is 4. The van der Waals surface area contributed by atoms with Gasteiger partial charge in [0, 0.05) is 81.9 Å². The van der Waals surface area contributed by atoms with Gasteiger partial charge in [-0.3, -0.25) is 0 Å². The summed E-state index contributed by atoms with van der Waals surface area (Å²) in [5.74, 6) is 0.309. The molecule has 0 unspecified atom stereocenters. The van der Waals surface area contributed by atoms with Crippen LogP contribution in [0.4, 0.5) is 22.7 Å². The van der Waals surface area contributed by atoms with Gasteiger partial charge in [0.05, 0.1) is 0 Å². The predicted molar refractivity (Wildman–Crippen MR) is 212 cm³/mol. The van der Waals surface area contributed by atoms with E-state index in [0.29, 0.717) is 0 Å². The zero-order valence-electron chi connectivity index (χ0n) is 27.3. The molecule has 0 amide bonds. The van der Waals surface area contributed by atoms with Crippen LogP contribution >= 0.6 is 46.4 Å². The number of nitrogens with one attached hydrogen (secondary N) is 1. The lowest BCUT2D eigenvalue weighted by atomic mass is 9.90. The third-order valence-electron chi connectivity index (χ3n) is 8.91. The van der Waals surface area contributed by atoms with E-state index in [0.717, 1.165) is 55.9 Å². The van der Waals surface area contributed by atoms with Gasteiger partial charge in [-0.2, -0.15) is 0 Å². The van der Waals surface area contributed by atoms with E-state index in [4.69, 9.17) is 46.4 Å². The third kappa shape index (κ3) is 9.12. The molecule has 6 aromatic carbocycles. The van der Waals surface area contributed by atoms with Crippen LogP contribution in [0, 0.1) is 0 Å². The number of benzene rings is 6. The summed E-state index contributed by atoms with van der Waals surface area (Å²) in [5.41, 5.74) is 9.13. The van der Waals surface area contributed by atoms with Crippen LogP contribution in [0.25, 0.3) is 0 Å². The molecule has 3 nitrogen and oxygen atoms in total. The predicted octanol–water partition coefficient (Wildman–Crippen LogP) is 12.6. The summed E-state index contributed by atoms with van der Waals surface area (Å²) in [6.07, 6.45) is 0. The number of hydrogen-bond donors (Lipinski definition) is 1. The molecule has 1 N–H and O–H groups in total. The van der Waals surface area contributed by atoms with E-state index >= 15 is 0 Å². The Morgan fingerprint density at radius 2 is 0.633 bits per heavy atom. The van der Waals surface area contributed by atoms with Gasteiger partial charge >= 0.3 is 0 Å².